The summed E-state index contributed by atoms with van der Waals surface area (Å²) in [5.74, 6) is -0.511. The maximum atomic E-state index is 12.9. The molecule has 2 N–H and O–H groups in total. The predicted molar refractivity (Wildman–Crippen MR) is 86.3 cm³/mol. The van der Waals surface area contributed by atoms with Crippen molar-refractivity contribution < 1.29 is 28.0 Å². The third-order valence-electron chi connectivity index (χ3n) is 3.95. The summed E-state index contributed by atoms with van der Waals surface area (Å²) >= 11 is 0. The van der Waals surface area contributed by atoms with Gasteiger partial charge in [0.05, 0.1) is 31.1 Å². The van der Waals surface area contributed by atoms with Crippen molar-refractivity contribution in [2.45, 2.75) is 23.4 Å². The molecule has 11 heteroatoms. The molecule has 0 bridgehead atoms. The van der Waals surface area contributed by atoms with E-state index in [1.807, 2.05) is 0 Å². The van der Waals surface area contributed by atoms with Gasteiger partial charge in [0, 0.05) is 25.2 Å². The minimum absolute atomic E-state index is 0.0580. The Labute approximate surface area is 144 Å². The number of ether oxygens (including phenoxy) is 1. The van der Waals surface area contributed by atoms with Crippen LogP contribution in [0.2, 0.25) is 0 Å². The van der Waals surface area contributed by atoms with Gasteiger partial charge in [-0.15, -0.1) is 0 Å². The fraction of sp³-hybridized carbons (Fsp3) is 0.500. The van der Waals surface area contributed by atoms with Gasteiger partial charge in [0.1, 0.15) is 0 Å². The molecule has 2 unspecified atom stereocenters. The van der Waals surface area contributed by atoms with Gasteiger partial charge in [0.2, 0.25) is 10.0 Å². The molecule has 0 aliphatic carbocycles. The van der Waals surface area contributed by atoms with Crippen molar-refractivity contribution in [3.63, 3.8) is 0 Å². The predicted octanol–water partition coefficient (Wildman–Crippen LogP) is -0.519. The van der Waals surface area contributed by atoms with Crippen molar-refractivity contribution in [3.05, 3.63) is 34.4 Å². The first kappa shape index (κ1) is 19.2. The largest absolute Gasteiger partial charge is 0.469 e. The van der Waals surface area contributed by atoms with E-state index in [2.05, 4.69) is 10.1 Å². The van der Waals surface area contributed by atoms with Crippen LogP contribution in [0.3, 0.4) is 0 Å². The van der Waals surface area contributed by atoms with Gasteiger partial charge in [0.15, 0.2) is 4.90 Å². The first-order chi connectivity index (χ1) is 11.8. The fourth-order valence-electron chi connectivity index (χ4n) is 2.66. The van der Waals surface area contributed by atoms with Crippen LogP contribution in [0.15, 0.2) is 29.2 Å². The maximum absolute atomic E-state index is 12.9. The highest BCUT2D eigenvalue weighted by Crippen LogP contribution is 2.28. The summed E-state index contributed by atoms with van der Waals surface area (Å²) < 4.78 is 31.5. The van der Waals surface area contributed by atoms with E-state index >= 15 is 0 Å². The molecule has 1 heterocycles. The molecular formula is C14H19N3O7S. The summed E-state index contributed by atoms with van der Waals surface area (Å²) in [7, 11) is -3.01. The number of nitrogens with zero attached hydrogens (tertiary/aromatic N) is 2. The van der Waals surface area contributed by atoms with Gasteiger partial charge in [-0.25, -0.2) is 8.42 Å². The molecule has 1 saturated heterocycles. The second kappa shape index (κ2) is 7.87. The molecule has 138 valence electrons. The first-order valence-corrected chi connectivity index (χ1v) is 8.91. The van der Waals surface area contributed by atoms with E-state index in [9.17, 15) is 28.4 Å². The lowest BCUT2D eigenvalue weighted by Crippen LogP contribution is -2.59. The number of aliphatic hydroxyl groups is 1. The summed E-state index contributed by atoms with van der Waals surface area (Å²) in [5, 5.41) is 23.6. The quantitative estimate of drug-likeness (QED) is 0.386. The maximum Gasteiger partial charge on any atom is 0.307 e. The van der Waals surface area contributed by atoms with Crippen LogP contribution in [-0.4, -0.2) is 67.6 Å². The summed E-state index contributed by atoms with van der Waals surface area (Å²) in [6.45, 7) is -0.468. The molecule has 1 aliphatic rings. The number of hydrogen-bond acceptors (Lipinski definition) is 8. The second-order valence-electron chi connectivity index (χ2n) is 5.52. The number of piperazine rings is 1. The Morgan fingerprint density at radius 2 is 2.16 bits per heavy atom. The van der Waals surface area contributed by atoms with E-state index in [0.717, 1.165) is 16.4 Å². The van der Waals surface area contributed by atoms with Crippen LogP contribution in [0.1, 0.15) is 6.42 Å². The number of methoxy groups -OCH3 is 1. The van der Waals surface area contributed by atoms with Crippen LogP contribution in [0.25, 0.3) is 0 Å². The van der Waals surface area contributed by atoms with Gasteiger partial charge in [-0.1, -0.05) is 12.1 Å². The normalized spacial score (nSPS) is 21.7. The lowest BCUT2D eigenvalue weighted by molar-refractivity contribution is -0.387. The summed E-state index contributed by atoms with van der Waals surface area (Å²) in [6.07, 6.45) is -0.0580. The van der Waals surface area contributed by atoms with Crippen LogP contribution < -0.4 is 5.32 Å². The third-order valence-corrected chi connectivity index (χ3v) is 5.92. The van der Waals surface area contributed by atoms with Crippen molar-refractivity contribution in [2.24, 2.45) is 0 Å². The number of benzene rings is 1. The molecule has 0 saturated carbocycles. The zero-order valence-corrected chi connectivity index (χ0v) is 14.3. The van der Waals surface area contributed by atoms with Crippen LogP contribution in [0.4, 0.5) is 5.69 Å². The average molecular weight is 373 g/mol. The number of aliphatic hydroxyl groups excluding tert-OH is 1. The monoisotopic (exact) mass is 373 g/mol. The van der Waals surface area contributed by atoms with E-state index in [1.54, 1.807) is 0 Å². The van der Waals surface area contributed by atoms with Gasteiger partial charge in [0.25, 0.3) is 5.69 Å². The van der Waals surface area contributed by atoms with E-state index in [4.69, 9.17) is 0 Å². The molecule has 1 aromatic carbocycles. The van der Waals surface area contributed by atoms with Crippen molar-refractivity contribution in [2.75, 3.05) is 26.8 Å². The van der Waals surface area contributed by atoms with Crippen molar-refractivity contribution in [3.8, 4) is 0 Å². The number of para-hydroxylation sites is 1. The Kier molecular flexibility index (Phi) is 6.06. The molecule has 2 atom stereocenters. The number of esters is 1. The minimum Gasteiger partial charge on any atom is -0.469 e. The van der Waals surface area contributed by atoms with E-state index in [-0.39, 0.29) is 19.5 Å². The highest BCUT2D eigenvalue weighted by Gasteiger charge is 2.40. The molecule has 1 aliphatic heterocycles. The average Bonchev–Trinajstić information content (AvgIpc) is 2.61. The second-order valence-corrected chi connectivity index (χ2v) is 7.38. The number of rotatable bonds is 6. The molecule has 0 spiro atoms. The summed E-state index contributed by atoms with van der Waals surface area (Å²) in [4.78, 5) is 21.4. The molecule has 0 aromatic heterocycles. The van der Waals surface area contributed by atoms with Crippen molar-refractivity contribution >= 4 is 21.7 Å². The molecule has 2 rings (SSSR count). The molecular weight excluding hydrogens is 354 g/mol. The standard InChI is InChI=1S/C14H19N3O7S/c1-24-14(19)6-10-8-16(11(9-18)7-15-10)25(22,23)13-5-3-2-4-12(13)17(20)21/h2-5,10-11,15,18H,6-9H2,1H3. The highest BCUT2D eigenvalue weighted by molar-refractivity contribution is 7.89. The molecule has 0 radical (unpaired) electrons. The number of hydrogen-bond donors (Lipinski definition) is 2. The molecule has 1 aromatic rings. The van der Waals surface area contributed by atoms with Gasteiger partial charge < -0.3 is 15.2 Å². The fourth-order valence-corrected chi connectivity index (χ4v) is 4.48. The van der Waals surface area contributed by atoms with Crippen LogP contribution in [-0.2, 0) is 19.6 Å². The van der Waals surface area contributed by atoms with Gasteiger partial charge >= 0.3 is 5.97 Å². The van der Waals surface area contributed by atoms with E-state index < -0.39 is 50.2 Å². The van der Waals surface area contributed by atoms with Crippen molar-refractivity contribution in [1.29, 1.82) is 0 Å². The number of nitro benzene ring substituents is 1. The van der Waals surface area contributed by atoms with E-state index in [0.29, 0.717) is 0 Å². The lowest BCUT2D eigenvalue weighted by atomic mass is 10.1. The lowest BCUT2D eigenvalue weighted by Gasteiger charge is -2.38. The van der Waals surface area contributed by atoms with Gasteiger partial charge in [-0.05, 0) is 6.07 Å². The number of nitro groups is 1. The minimum atomic E-state index is -4.23. The van der Waals surface area contributed by atoms with Crippen LogP contribution >= 0.6 is 0 Å². The Morgan fingerprint density at radius 1 is 1.48 bits per heavy atom. The first-order valence-electron chi connectivity index (χ1n) is 7.47. The van der Waals surface area contributed by atoms with Gasteiger partial charge in [-0.2, -0.15) is 4.31 Å². The van der Waals surface area contributed by atoms with Gasteiger partial charge in [-0.3, -0.25) is 14.9 Å². The number of nitrogens with one attached hydrogen (secondary N) is 1. The smallest absolute Gasteiger partial charge is 0.307 e. The Bertz CT molecular complexity index is 753. The third kappa shape index (κ3) is 4.12. The molecule has 0 amide bonds. The Morgan fingerprint density at radius 3 is 2.76 bits per heavy atom. The summed E-state index contributed by atoms with van der Waals surface area (Å²) in [5.41, 5.74) is -0.540. The van der Waals surface area contributed by atoms with Crippen LogP contribution in [0, 0.1) is 10.1 Å². The zero-order chi connectivity index (χ0) is 18.6. The SMILES string of the molecule is COC(=O)CC1CN(S(=O)(=O)c2ccccc2[N+](=O)[O-])C(CO)CN1. The number of carbonyl (C=O) groups excluding carboxylic acids is 1. The molecule has 10 nitrogen and oxygen atoms in total. The highest BCUT2D eigenvalue weighted by atomic mass is 32.2. The molecule has 1 fully saturated rings. The molecule has 25 heavy (non-hydrogen) atoms. The number of sulfonamides is 1. The number of carbonyl (C=O) groups is 1. The van der Waals surface area contributed by atoms with Crippen molar-refractivity contribution in [1.82, 2.24) is 9.62 Å². The van der Waals surface area contributed by atoms with E-state index in [1.165, 1.54) is 19.2 Å². The topological polar surface area (TPSA) is 139 Å². The zero-order valence-electron chi connectivity index (χ0n) is 13.5. The Hall–Kier alpha value is -2.08. The Balaban J connectivity index is 2.37. The van der Waals surface area contributed by atoms with Crippen LogP contribution in [0.5, 0.6) is 0 Å². The summed E-state index contributed by atoms with van der Waals surface area (Å²) in [6, 6.07) is 3.71.